The third kappa shape index (κ3) is 4.52. The Bertz CT molecular complexity index is 247. The molecule has 0 aromatic rings. The molecule has 0 radical (unpaired) electrons. The number of amides is 1. The van der Waals surface area contributed by atoms with Gasteiger partial charge in [0.2, 0.25) is 5.91 Å². The maximum Gasteiger partial charge on any atom is 0.237 e. The van der Waals surface area contributed by atoms with E-state index in [1.807, 2.05) is 0 Å². The second-order valence-electron chi connectivity index (χ2n) is 6.76. The SMILES string of the molecule is CC(C)(C)CC(C)(C)NC(=O)[C@@H]1CCCN1. The lowest BCUT2D eigenvalue weighted by Crippen LogP contribution is -2.51. The minimum Gasteiger partial charge on any atom is -0.350 e. The van der Waals surface area contributed by atoms with Crippen molar-refractivity contribution in [2.24, 2.45) is 5.41 Å². The zero-order valence-corrected chi connectivity index (χ0v) is 11.3. The molecule has 1 aliphatic rings. The van der Waals surface area contributed by atoms with Gasteiger partial charge in [-0.05, 0) is 45.1 Å². The molecule has 2 N–H and O–H groups in total. The molecule has 1 fully saturated rings. The van der Waals surface area contributed by atoms with Crippen molar-refractivity contribution in [2.45, 2.75) is 65.5 Å². The monoisotopic (exact) mass is 226 g/mol. The van der Waals surface area contributed by atoms with Gasteiger partial charge in [0.1, 0.15) is 0 Å². The average Bonchev–Trinajstić information content (AvgIpc) is 2.48. The number of hydrogen-bond acceptors (Lipinski definition) is 2. The van der Waals surface area contributed by atoms with Crippen molar-refractivity contribution in [3.05, 3.63) is 0 Å². The number of rotatable bonds is 3. The van der Waals surface area contributed by atoms with Gasteiger partial charge in [-0.25, -0.2) is 0 Å². The van der Waals surface area contributed by atoms with Crippen molar-refractivity contribution >= 4 is 5.91 Å². The predicted molar refractivity (Wildman–Crippen MR) is 67.3 cm³/mol. The van der Waals surface area contributed by atoms with Crippen LogP contribution >= 0.6 is 0 Å². The highest BCUT2D eigenvalue weighted by Gasteiger charge is 2.30. The first-order valence-electron chi connectivity index (χ1n) is 6.25. The van der Waals surface area contributed by atoms with Crippen LogP contribution in [0.2, 0.25) is 0 Å². The Kier molecular flexibility index (Phi) is 4.00. The molecular weight excluding hydrogens is 200 g/mol. The highest BCUT2D eigenvalue weighted by molar-refractivity contribution is 5.82. The first-order chi connectivity index (χ1) is 7.20. The molecular formula is C13H26N2O. The Hall–Kier alpha value is -0.570. The molecule has 0 bridgehead atoms. The molecule has 0 saturated carbocycles. The van der Waals surface area contributed by atoms with Gasteiger partial charge in [-0.2, -0.15) is 0 Å². The largest absolute Gasteiger partial charge is 0.350 e. The van der Waals surface area contributed by atoms with Gasteiger partial charge in [-0.1, -0.05) is 20.8 Å². The van der Waals surface area contributed by atoms with Crippen LogP contribution in [-0.4, -0.2) is 24.0 Å². The second-order valence-corrected chi connectivity index (χ2v) is 6.76. The zero-order chi connectivity index (χ0) is 12.4. The van der Waals surface area contributed by atoms with E-state index in [0.717, 1.165) is 25.8 Å². The third-order valence-electron chi connectivity index (χ3n) is 2.81. The van der Waals surface area contributed by atoms with E-state index in [1.165, 1.54) is 0 Å². The van der Waals surface area contributed by atoms with E-state index in [9.17, 15) is 4.79 Å². The van der Waals surface area contributed by atoms with Gasteiger partial charge in [0.25, 0.3) is 0 Å². The number of nitrogens with one attached hydrogen (secondary N) is 2. The van der Waals surface area contributed by atoms with Crippen molar-refractivity contribution < 1.29 is 4.79 Å². The average molecular weight is 226 g/mol. The van der Waals surface area contributed by atoms with E-state index in [4.69, 9.17) is 0 Å². The van der Waals surface area contributed by atoms with Crippen LogP contribution in [0, 0.1) is 5.41 Å². The molecule has 0 spiro atoms. The minimum atomic E-state index is -0.125. The van der Waals surface area contributed by atoms with Gasteiger partial charge < -0.3 is 10.6 Å². The van der Waals surface area contributed by atoms with Crippen LogP contribution in [0.3, 0.4) is 0 Å². The zero-order valence-electron chi connectivity index (χ0n) is 11.3. The fourth-order valence-electron chi connectivity index (χ4n) is 2.70. The Balaban J connectivity index is 2.48. The minimum absolute atomic E-state index is 0.0271. The smallest absolute Gasteiger partial charge is 0.237 e. The summed E-state index contributed by atoms with van der Waals surface area (Å²) in [7, 11) is 0. The molecule has 1 saturated heterocycles. The molecule has 94 valence electrons. The van der Waals surface area contributed by atoms with E-state index in [2.05, 4.69) is 45.3 Å². The van der Waals surface area contributed by atoms with E-state index in [0.29, 0.717) is 0 Å². The highest BCUT2D eigenvalue weighted by atomic mass is 16.2. The summed E-state index contributed by atoms with van der Waals surface area (Å²) in [6.45, 7) is 11.8. The maximum atomic E-state index is 12.0. The van der Waals surface area contributed by atoms with Gasteiger partial charge in [0, 0.05) is 5.54 Å². The molecule has 0 aromatic carbocycles. The molecule has 1 rings (SSSR count). The lowest BCUT2D eigenvalue weighted by Gasteiger charge is -2.34. The fraction of sp³-hybridized carbons (Fsp3) is 0.923. The van der Waals surface area contributed by atoms with Crippen molar-refractivity contribution in [2.75, 3.05) is 6.54 Å². The summed E-state index contributed by atoms with van der Waals surface area (Å²) in [5.74, 6) is 0.159. The van der Waals surface area contributed by atoms with Gasteiger partial charge in [-0.15, -0.1) is 0 Å². The fourth-order valence-corrected chi connectivity index (χ4v) is 2.70. The van der Waals surface area contributed by atoms with Gasteiger partial charge in [-0.3, -0.25) is 4.79 Å². The number of carbonyl (C=O) groups excluding carboxylic acids is 1. The van der Waals surface area contributed by atoms with Crippen LogP contribution in [0.25, 0.3) is 0 Å². The Morgan fingerprint density at radius 2 is 1.94 bits per heavy atom. The van der Waals surface area contributed by atoms with E-state index >= 15 is 0 Å². The number of carbonyl (C=O) groups is 1. The molecule has 1 heterocycles. The van der Waals surface area contributed by atoms with E-state index < -0.39 is 0 Å². The molecule has 16 heavy (non-hydrogen) atoms. The van der Waals surface area contributed by atoms with E-state index in [-0.39, 0.29) is 22.9 Å². The molecule has 3 nitrogen and oxygen atoms in total. The van der Waals surface area contributed by atoms with Gasteiger partial charge >= 0.3 is 0 Å². The van der Waals surface area contributed by atoms with Crippen molar-refractivity contribution in [3.8, 4) is 0 Å². The lowest BCUT2D eigenvalue weighted by atomic mass is 9.81. The third-order valence-corrected chi connectivity index (χ3v) is 2.81. The first-order valence-corrected chi connectivity index (χ1v) is 6.25. The summed E-state index contributed by atoms with van der Waals surface area (Å²) in [5.41, 5.74) is 0.111. The second kappa shape index (κ2) is 4.74. The molecule has 0 aromatic heterocycles. The quantitative estimate of drug-likeness (QED) is 0.773. The van der Waals surface area contributed by atoms with Crippen LogP contribution in [0.1, 0.15) is 53.9 Å². The Labute approximate surface area is 99.4 Å². The van der Waals surface area contributed by atoms with Crippen LogP contribution in [0.5, 0.6) is 0 Å². The molecule has 0 aliphatic carbocycles. The predicted octanol–water partition coefficient (Wildman–Crippen LogP) is 2.07. The van der Waals surface area contributed by atoms with Gasteiger partial charge in [0.15, 0.2) is 0 Å². The molecule has 3 heteroatoms. The highest BCUT2D eigenvalue weighted by Crippen LogP contribution is 2.26. The standard InChI is InChI=1S/C13H26N2O/c1-12(2,3)9-13(4,5)15-11(16)10-7-6-8-14-10/h10,14H,6-9H2,1-5H3,(H,15,16)/t10-/m0/s1. The molecule has 1 aliphatic heterocycles. The molecule has 1 atom stereocenters. The van der Waals surface area contributed by atoms with Crippen LogP contribution in [-0.2, 0) is 4.79 Å². The summed E-state index contributed by atoms with van der Waals surface area (Å²) in [6, 6.07) is 0.0271. The Morgan fingerprint density at radius 1 is 1.31 bits per heavy atom. The summed E-state index contributed by atoms with van der Waals surface area (Å²) in [4.78, 5) is 12.0. The molecule has 1 amide bonds. The van der Waals surface area contributed by atoms with Crippen LogP contribution < -0.4 is 10.6 Å². The Morgan fingerprint density at radius 3 is 2.38 bits per heavy atom. The van der Waals surface area contributed by atoms with E-state index in [1.54, 1.807) is 0 Å². The summed E-state index contributed by atoms with van der Waals surface area (Å²) in [5, 5.41) is 6.38. The normalized spacial score (nSPS) is 22.2. The lowest BCUT2D eigenvalue weighted by molar-refractivity contribution is -0.124. The van der Waals surface area contributed by atoms with Crippen LogP contribution in [0.15, 0.2) is 0 Å². The summed E-state index contributed by atoms with van der Waals surface area (Å²) in [6.07, 6.45) is 3.06. The van der Waals surface area contributed by atoms with Crippen molar-refractivity contribution in [1.29, 1.82) is 0 Å². The van der Waals surface area contributed by atoms with Crippen LogP contribution in [0.4, 0.5) is 0 Å². The van der Waals surface area contributed by atoms with Crippen molar-refractivity contribution in [3.63, 3.8) is 0 Å². The first kappa shape index (κ1) is 13.5. The van der Waals surface area contributed by atoms with Crippen molar-refractivity contribution in [1.82, 2.24) is 10.6 Å². The summed E-state index contributed by atoms with van der Waals surface area (Å²) < 4.78 is 0. The topological polar surface area (TPSA) is 41.1 Å². The number of hydrogen-bond donors (Lipinski definition) is 2. The maximum absolute atomic E-state index is 12.0. The van der Waals surface area contributed by atoms with Gasteiger partial charge in [0.05, 0.1) is 6.04 Å². The molecule has 0 unspecified atom stereocenters. The summed E-state index contributed by atoms with van der Waals surface area (Å²) >= 11 is 0.